The molecule has 0 spiro atoms. The number of nitrogen functional groups attached to an aromatic ring is 1. The fraction of sp³-hybridized carbons (Fsp3) is 0.200. The molecule has 9 nitrogen and oxygen atoms in total. The molecule has 0 atom stereocenters. The minimum Gasteiger partial charge on any atom is -0.398 e. The van der Waals surface area contributed by atoms with Gasteiger partial charge in [-0.1, -0.05) is 18.2 Å². The standard InChI is InChI=1S/C25H26N6O3/c1-16(2)29-25(33)30-23-13-19(10-11-28-23)12-21-20(4-3-5-22(21)27)24(32)31-34-15-18-8-6-17(14-26)7-9-18/h3-11,13,16H,12,15,27H2,1-2H3,(H,31,32)(H2,28,29,30,33). The highest BCUT2D eigenvalue weighted by atomic mass is 16.6. The largest absolute Gasteiger partial charge is 0.398 e. The number of nitrogens with one attached hydrogen (secondary N) is 3. The SMILES string of the molecule is CC(C)NC(=O)Nc1cc(Cc2c(N)cccc2C(=O)NOCc2ccc(C#N)cc2)ccn1. The van der Waals surface area contributed by atoms with Gasteiger partial charge in [-0.3, -0.25) is 14.9 Å². The Morgan fingerprint density at radius 2 is 1.88 bits per heavy atom. The second-order valence-electron chi connectivity index (χ2n) is 7.88. The molecule has 0 saturated heterocycles. The number of carbonyl (C=O) groups is 2. The molecule has 1 heterocycles. The van der Waals surface area contributed by atoms with Crippen LogP contribution in [0.15, 0.2) is 60.8 Å². The van der Waals surface area contributed by atoms with Crippen LogP contribution < -0.4 is 21.8 Å². The van der Waals surface area contributed by atoms with Crippen molar-refractivity contribution in [2.24, 2.45) is 0 Å². The van der Waals surface area contributed by atoms with Crippen molar-refractivity contribution in [3.63, 3.8) is 0 Å². The number of carbonyl (C=O) groups excluding carboxylic acids is 2. The van der Waals surface area contributed by atoms with Crippen molar-refractivity contribution in [1.29, 1.82) is 5.26 Å². The van der Waals surface area contributed by atoms with Gasteiger partial charge >= 0.3 is 6.03 Å². The van der Waals surface area contributed by atoms with Crippen molar-refractivity contribution in [1.82, 2.24) is 15.8 Å². The molecular weight excluding hydrogens is 432 g/mol. The Morgan fingerprint density at radius 1 is 1.12 bits per heavy atom. The van der Waals surface area contributed by atoms with Crippen molar-refractivity contribution < 1.29 is 14.4 Å². The van der Waals surface area contributed by atoms with Crippen LogP contribution in [0.1, 0.15) is 46.5 Å². The van der Waals surface area contributed by atoms with Gasteiger partial charge in [0.2, 0.25) is 0 Å². The number of nitrogens with two attached hydrogens (primary N) is 1. The smallest absolute Gasteiger partial charge is 0.320 e. The Kier molecular flexibility index (Phi) is 8.16. The third-order valence-corrected chi connectivity index (χ3v) is 4.81. The molecule has 0 aliphatic carbocycles. The third kappa shape index (κ3) is 6.79. The minimum atomic E-state index is -0.431. The zero-order valence-corrected chi connectivity index (χ0v) is 19.0. The van der Waals surface area contributed by atoms with Crippen LogP contribution in [0.3, 0.4) is 0 Å². The highest BCUT2D eigenvalue weighted by molar-refractivity contribution is 5.96. The van der Waals surface area contributed by atoms with E-state index >= 15 is 0 Å². The molecule has 1 aromatic heterocycles. The topological polar surface area (TPSA) is 142 Å². The van der Waals surface area contributed by atoms with Crippen molar-refractivity contribution in [3.8, 4) is 6.07 Å². The summed E-state index contributed by atoms with van der Waals surface area (Å²) in [5.41, 5.74) is 12.3. The van der Waals surface area contributed by atoms with Crippen LogP contribution in [-0.4, -0.2) is 23.0 Å². The second kappa shape index (κ2) is 11.4. The second-order valence-corrected chi connectivity index (χ2v) is 7.88. The maximum Gasteiger partial charge on any atom is 0.320 e. The summed E-state index contributed by atoms with van der Waals surface area (Å²) in [5, 5.41) is 14.3. The number of benzene rings is 2. The summed E-state index contributed by atoms with van der Waals surface area (Å²) >= 11 is 0. The Labute approximate surface area is 197 Å². The van der Waals surface area contributed by atoms with E-state index in [1.807, 2.05) is 13.8 Å². The Bertz CT molecular complexity index is 1200. The van der Waals surface area contributed by atoms with Crippen molar-refractivity contribution in [2.45, 2.75) is 32.9 Å². The molecule has 0 bridgehead atoms. The molecule has 3 rings (SSSR count). The van der Waals surface area contributed by atoms with Crippen LogP contribution in [0.2, 0.25) is 0 Å². The van der Waals surface area contributed by atoms with Crippen molar-refractivity contribution >= 4 is 23.4 Å². The van der Waals surface area contributed by atoms with E-state index < -0.39 is 5.91 Å². The predicted molar refractivity (Wildman–Crippen MR) is 129 cm³/mol. The molecule has 3 amide bonds. The van der Waals surface area contributed by atoms with Crippen LogP contribution in [0.4, 0.5) is 16.3 Å². The first-order chi connectivity index (χ1) is 16.4. The van der Waals surface area contributed by atoms with Crippen LogP contribution in [0.5, 0.6) is 0 Å². The highest BCUT2D eigenvalue weighted by Gasteiger charge is 2.15. The number of nitriles is 1. The van der Waals surface area contributed by atoms with E-state index in [2.05, 4.69) is 27.2 Å². The molecule has 0 aliphatic heterocycles. The fourth-order valence-electron chi connectivity index (χ4n) is 3.20. The first kappa shape index (κ1) is 24.2. The number of hydrogen-bond donors (Lipinski definition) is 4. The Hall–Kier alpha value is -4.42. The first-order valence-corrected chi connectivity index (χ1v) is 10.7. The van der Waals surface area contributed by atoms with E-state index in [-0.39, 0.29) is 18.7 Å². The molecule has 2 aromatic carbocycles. The Balaban J connectivity index is 1.68. The summed E-state index contributed by atoms with van der Waals surface area (Å²) in [4.78, 5) is 34.3. The number of nitrogens with zero attached hydrogens (tertiary/aromatic N) is 2. The average molecular weight is 459 g/mol. The van der Waals surface area contributed by atoms with Crippen LogP contribution in [0.25, 0.3) is 0 Å². The van der Waals surface area contributed by atoms with Gasteiger partial charge in [-0.25, -0.2) is 15.3 Å². The molecular formula is C25H26N6O3. The van der Waals surface area contributed by atoms with Gasteiger partial charge in [-0.15, -0.1) is 0 Å². The molecule has 0 aliphatic rings. The van der Waals surface area contributed by atoms with E-state index in [4.69, 9.17) is 15.8 Å². The van der Waals surface area contributed by atoms with Gasteiger partial charge in [-0.2, -0.15) is 5.26 Å². The third-order valence-electron chi connectivity index (χ3n) is 4.81. The summed E-state index contributed by atoms with van der Waals surface area (Å²) in [5.74, 6) is -0.0402. The van der Waals surface area contributed by atoms with Gasteiger partial charge in [0.25, 0.3) is 5.91 Å². The zero-order chi connectivity index (χ0) is 24.5. The van der Waals surface area contributed by atoms with E-state index in [0.717, 1.165) is 11.1 Å². The Morgan fingerprint density at radius 3 is 2.59 bits per heavy atom. The van der Waals surface area contributed by atoms with Gasteiger partial charge in [0.15, 0.2) is 0 Å². The molecule has 0 fully saturated rings. The maximum atomic E-state index is 12.8. The number of anilines is 2. The molecule has 3 aromatic rings. The van der Waals surface area contributed by atoms with Crippen molar-refractivity contribution in [2.75, 3.05) is 11.1 Å². The van der Waals surface area contributed by atoms with E-state index in [1.165, 1.54) is 0 Å². The number of amides is 3. The summed E-state index contributed by atoms with van der Waals surface area (Å²) in [6, 6.07) is 17.2. The summed E-state index contributed by atoms with van der Waals surface area (Å²) in [7, 11) is 0. The van der Waals surface area contributed by atoms with Gasteiger partial charge in [0.05, 0.1) is 18.2 Å². The molecule has 5 N–H and O–H groups in total. The monoisotopic (exact) mass is 458 g/mol. The van der Waals surface area contributed by atoms with Gasteiger partial charge in [0, 0.05) is 29.9 Å². The molecule has 9 heteroatoms. The molecule has 34 heavy (non-hydrogen) atoms. The molecule has 0 radical (unpaired) electrons. The zero-order valence-electron chi connectivity index (χ0n) is 19.0. The average Bonchev–Trinajstić information content (AvgIpc) is 2.80. The van der Waals surface area contributed by atoms with Gasteiger partial charge in [0.1, 0.15) is 5.82 Å². The number of urea groups is 1. The highest BCUT2D eigenvalue weighted by Crippen LogP contribution is 2.22. The lowest BCUT2D eigenvalue weighted by atomic mass is 9.98. The minimum absolute atomic E-state index is 0.00694. The number of hydroxylamine groups is 1. The maximum absolute atomic E-state index is 12.8. The van der Waals surface area contributed by atoms with E-state index in [1.54, 1.807) is 60.8 Å². The van der Waals surface area contributed by atoms with E-state index in [9.17, 15) is 9.59 Å². The van der Waals surface area contributed by atoms with Crippen LogP contribution in [0, 0.1) is 11.3 Å². The number of aromatic nitrogens is 1. The molecule has 174 valence electrons. The van der Waals surface area contributed by atoms with Gasteiger partial charge in [-0.05, 0) is 66.9 Å². The lowest BCUT2D eigenvalue weighted by molar-refractivity contribution is 0.0233. The quantitative estimate of drug-likeness (QED) is 0.300. The molecule has 0 saturated carbocycles. The number of rotatable bonds is 8. The summed E-state index contributed by atoms with van der Waals surface area (Å²) in [6.07, 6.45) is 1.94. The predicted octanol–water partition coefficient (Wildman–Crippen LogP) is 3.52. The number of pyridine rings is 1. The lowest BCUT2D eigenvalue weighted by Crippen LogP contribution is -2.34. The lowest BCUT2D eigenvalue weighted by Gasteiger charge is -2.14. The summed E-state index contributed by atoms with van der Waals surface area (Å²) < 4.78 is 0. The fourth-order valence-corrected chi connectivity index (χ4v) is 3.20. The number of hydrogen-bond acceptors (Lipinski definition) is 6. The van der Waals surface area contributed by atoms with Crippen LogP contribution >= 0.6 is 0 Å². The van der Waals surface area contributed by atoms with Crippen molar-refractivity contribution in [3.05, 3.63) is 88.6 Å². The van der Waals surface area contributed by atoms with E-state index in [0.29, 0.717) is 34.6 Å². The van der Waals surface area contributed by atoms with Crippen LogP contribution in [-0.2, 0) is 17.9 Å². The van der Waals surface area contributed by atoms with Gasteiger partial charge < -0.3 is 11.1 Å². The normalized spacial score (nSPS) is 10.4. The first-order valence-electron chi connectivity index (χ1n) is 10.7. The summed E-state index contributed by atoms with van der Waals surface area (Å²) in [6.45, 7) is 3.87. The molecule has 0 unspecified atom stereocenters.